The highest BCUT2D eigenvalue weighted by Gasteiger charge is 2.18. The summed E-state index contributed by atoms with van der Waals surface area (Å²) in [7, 11) is 4.78. The molecule has 2 rings (SSSR count). The van der Waals surface area contributed by atoms with Gasteiger partial charge >= 0.3 is 0 Å². The van der Waals surface area contributed by atoms with Crippen LogP contribution in [0.4, 0.5) is 5.88 Å². The Labute approximate surface area is 111 Å². The van der Waals surface area contributed by atoms with E-state index in [1.54, 1.807) is 33.5 Å². The zero-order chi connectivity index (χ0) is 13.8. The van der Waals surface area contributed by atoms with Crippen LogP contribution in [-0.2, 0) is 11.3 Å². The maximum atomic E-state index is 5.55. The van der Waals surface area contributed by atoms with E-state index in [2.05, 4.69) is 5.16 Å². The van der Waals surface area contributed by atoms with Crippen molar-refractivity contribution in [3.63, 3.8) is 0 Å². The molecule has 0 unspecified atom stereocenters. The summed E-state index contributed by atoms with van der Waals surface area (Å²) in [5, 5.41) is 3.91. The standard InChI is InChI=1S/C13H16N2O4/c1-16-7-9-8(10-6-12(14)19-15-10)4-5-11(17-2)13(9)18-3/h4-6H,7,14H2,1-3H3. The van der Waals surface area contributed by atoms with E-state index in [1.807, 2.05) is 6.07 Å². The molecule has 0 aliphatic rings. The highest BCUT2D eigenvalue weighted by molar-refractivity contribution is 5.70. The van der Waals surface area contributed by atoms with Gasteiger partial charge in [0.05, 0.1) is 20.8 Å². The highest BCUT2D eigenvalue weighted by atomic mass is 16.5. The molecule has 0 bridgehead atoms. The molecule has 0 saturated heterocycles. The molecule has 0 amide bonds. The van der Waals surface area contributed by atoms with Crippen LogP contribution in [0, 0.1) is 0 Å². The predicted octanol–water partition coefficient (Wildman–Crippen LogP) is 2.09. The Morgan fingerprint density at radius 3 is 2.53 bits per heavy atom. The van der Waals surface area contributed by atoms with Crippen molar-refractivity contribution >= 4 is 5.88 Å². The van der Waals surface area contributed by atoms with Crippen molar-refractivity contribution in [1.29, 1.82) is 0 Å². The normalized spacial score (nSPS) is 10.5. The third-order valence-corrected chi connectivity index (χ3v) is 2.74. The largest absolute Gasteiger partial charge is 0.493 e. The minimum atomic E-state index is 0.258. The van der Waals surface area contributed by atoms with Gasteiger partial charge in [0, 0.05) is 24.3 Å². The number of hydrogen-bond acceptors (Lipinski definition) is 6. The molecule has 1 heterocycles. The third kappa shape index (κ3) is 2.48. The van der Waals surface area contributed by atoms with E-state index < -0.39 is 0 Å². The number of nitrogens with two attached hydrogens (primary N) is 1. The van der Waals surface area contributed by atoms with E-state index in [0.717, 1.165) is 11.1 Å². The van der Waals surface area contributed by atoms with Gasteiger partial charge in [-0.05, 0) is 12.1 Å². The van der Waals surface area contributed by atoms with Gasteiger partial charge in [-0.3, -0.25) is 0 Å². The molecule has 0 atom stereocenters. The Morgan fingerprint density at radius 1 is 1.21 bits per heavy atom. The molecule has 2 N–H and O–H groups in total. The van der Waals surface area contributed by atoms with Gasteiger partial charge in [-0.2, -0.15) is 0 Å². The van der Waals surface area contributed by atoms with Gasteiger partial charge in [-0.25, -0.2) is 0 Å². The molecule has 0 aliphatic carbocycles. The third-order valence-electron chi connectivity index (χ3n) is 2.74. The molecule has 1 aromatic heterocycles. The molecular weight excluding hydrogens is 248 g/mol. The monoisotopic (exact) mass is 264 g/mol. The maximum absolute atomic E-state index is 5.55. The molecule has 102 valence electrons. The summed E-state index contributed by atoms with van der Waals surface area (Å²) in [6.07, 6.45) is 0. The topological polar surface area (TPSA) is 79.7 Å². The molecule has 0 radical (unpaired) electrons. The molecular formula is C13H16N2O4. The molecule has 6 heteroatoms. The van der Waals surface area contributed by atoms with Gasteiger partial charge in [0.15, 0.2) is 11.5 Å². The van der Waals surface area contributed by atoms with Crippen LogP contribution in [0.5, 0.6) is 11.5 Å². The Kier molecular flexibility index (Phi) is 3.91. The van der Waals surface area contributed by atoms with Crippen LogP contribution in [0.3, 0.4) is 0 Å². The van der Waals surface area contributed by atoms with Crippen molar-refractivity contribution < 1.29 is 18.7 Å². The highest BCUT2D eigenvalue weighted by Crippen LogP contribution is 2.38. The van der Waals surface area contributed by atoms with Gasteiger partial charge in [-0.15, -0.1) is 0 Å². The number of ether oxygens (including phenoxy) is 3. The molecule has 6 nitrogen and oxygen atoms in total. The van der Waals surface area contributed by atoms with Crippen molar-refractivity contribution in [3.05, 3.63) is 23.8 Å². The lowest BCUT2D eigenvalue weighted by atomic mass is 10.0. The summed E-state index contributed by atoms with van der Waals surface area (Å²) in [6.45, 7) is 0.364. The fourth-order valence-corrected chi connectivity index (χ4v) is 1.93. The second kappa shape index (κ2) is 5.62. The first-order valence-electron chi connectivity index (χ1n) is 5.66. The van der Waals surface area contributed by atoms with Crippen LogP contribution in [0.1, 0.15) is 5.56 Å². The molecule has 2 aromatic rings. The number of aromatic nitrogens is 1. The second-order valence-corrected chi connectivity index (χ2v) is 3.87. The van der Waals surface area contributed by atoms with Crippen LogP contribution >= 0.6 is 0 Å². The van der Waals surface area contributed by atoms with E-state index >= 15 is 0 Å². The summed E-state index contributed by atoms with van der Waals surface area (Å²) < 4.78 is 20.8. The molecule has 19 heavy (non-hydrogen) atoms. The van der Waals surface area contributed by atoms with E-state index in [1.165, 1.54) is 0 Å². The van der Waals surface area contributed by atoms with Gasteiger partial charge in [0.1, 0.15) is 5.69 Å². The minimum Gasteiger partial charge on any atom is -0.493 e. The number of methoxy groups -OCH3 is 3. The first kappa shape index (κ1) is 13.2. The summed E-state index contributed by atoms with van der Waals surface area (Å²) >= 11 is 0. The summed E-state index contributed by atoms with van der Waals surface area (Å²) in [5.41, 5.74) is 7.84. The van der Waals surface area contributed by atoms with Crippen molar-refractivity contribution in [2.75, 3.05) is 27.1 Å². The van der Waals surface area contributed by atoms with Gasteiger partial charge in [0.25, 0.3) is 0 Å². The van der Waals surface area contributed by atoms with Gasteiger partial charge in [0.2, 0.25) is 5.88 Å². The SMILES string of the molecule is COCc1c(-c2cc(N)on2)ccc(OC)c1OC. The number of anilines is 1. The Balaban J connectivity index is 2.60. The van der Waals surface area contributed by atoms with E-state index in [9.17, 15) is 0 Å². The summed E-state index contributed by atoms with van der Waals surface area (Å²) in [4.78, 5) is 0. The molecule has 0 fully saturated rings. The van der Waals surface area contributed by atoms with Crippen LogP contribution in [-0.4, -0.2) is 26.5 Å². The predicted molar refractivity (Wildman–Crippen MR) is 70.2 cm³/mol. The lowest BCUT2D eigenvalue weighted by Crippen LogP contribution is -2.00. The lowest BCUT2D eigenvalue weighted by molar-refractivity contribution is 0.181. The summed E-state index contributed by atoms with van der Waals surface area (Å²) in [5.74, 6) is 1.51. The van der Waals surface area contributed by atoms with Crippen molar-refractivity contribution in [2.24, 2.45) is 0 Å². The van der Waals surface area contributed by atoms with E-state index in [4.69, 9.17) is 24.5 Å². The van der Waals surface area contributed by atoms with Crippen molar-refractivity contribution in [3.8, 4) is 22.8 Å². The number of rotatable bonds is 5. The van der Waals surface area contributed by atoms with E-state index in [0.29, 0.717) is 23.8 Å². The van der Waals surface area contributed by atoms with Gasteiger partial charge < -0.3 is 24.5 Å². The number of benzene rings is 1. The fraction of sp³-hybridized carbons (Fsp3) is 0.308. The van der Waals surface area contributed by atoms with Crippen LogP contribution < -0.4 is 15.2 Å². The molecule has 0 spiro atoms. The Hall–Kier alpha value is -2.21. The van der Waals surface area contributed by atoms with Crippen molar-refractivity contribution in [2.45, 2.75) is 6.61 Å². The average Bonchev–Trinajstić information content (AvgIpc) is 2.85. The quantitative estimate of drug-likeness (QED) is 0.890. The summed E-state index contributed by atoms with van der Waals surface area (Å²) in [6, 6.07) is 5.33. The van der Waals surface area contributed by atoms with E-state index in [-0.39, 0.29) is 5.88 Å². The molecule has 1 aromatic carbocycles. The fourth-order valence-electron chi connectivity index (χ4n) is 1.93. The number of hydrogen-bond donors (Lipinski definition) is 1. The first-order chi connectivity index (χ1) is 9.21. The Bertz CT molecular complexity index is 566. The smallest absolute Gasteiger partial charge is 0.222 e. The second-order valence-electron chi connectivity index (χ2n) is 3.87. The Morgan fingerprint density at radius 2 is 2.00 bits per heavy atom. The van der Waals surface area contributed by atoms with Crippen LogP contribution in [0.2, 0.25) is 0 Å². The van der Waals surface area contributed by atoms with Crippen LogP contribution in [0.15, 0.2) is 22.7 Å². The average molecular weight is 264 g/mol. The zero-order valence-electron chi connectivity index (χ0n) is 11.1. The lowest BCUT2D eigenvalue weighted by Gasteiger charge is -2.15. The first-order valence-corrected chi connectivity index (χ1v) is 5.66. The van der Waals surface area contributed by atoms with Gasteiger partial charge in [-0.1, -0.05) is 5.16 Å². The molecule has 0 saturated carbocycles. The maximum Gasteiger partial charge on any atom is 0.222 e. The van der Waals surface area contributed by atoms with Crippen LogP contribution in [0.25, 0.3) is 11.3 Å². The van der Waals surface area contributed by atoms with Crippen molar-refractivity contribution in [1.82, 2.24) is 5.16 Å². The number of nitrogens with zero attached hydrogens (tertiary/aromatic N) is 1. The minimum absolute atomic E-state index is 0.258. The zero-order valence-corrected chi connectivity index (χ0v) is 11.1. The molecule has 0 aliphatic heterocycles. The number of nitrogen functional groups attached to an aromatic ring is 1.